The molecule has 0 aliphatic carbocycles. The molecule has 2 heterocycles. The number of nitriles is 1. The number of carbonyl (C=O) groups is 1. The summed E-state index contributed by atoms with van der Waals surface area (Å²) in [6, 6.07) is 5.40. The molecule has 0 aromatic carbocycles. The second kappa shape index (κ2) is 5.81. The van der Waals surface area contributed by atoms with Gasteiger partial charge >= 0.3 is 0 Å². The highest BCUT2D eigenvalue weighted by Gasteiger charge is 2.24. The molecule has 1 unspecified atom stereocenters. The maximum Gasteiger partial charge on any atom is 0.228 e. The molecule has 1 atom stereocenters. The maximum absolute atomic E-state index is 12.2. The van der Waals surface area contributed by atoms with Crippen LogP contribution >= 0.6 is 0 Å². The molecule has 0 spiro atoms. The smallest absolute Gasteiger partial charge is 0.228 e. The second-order valence-corrected chi connectivity index (χ2v) is 5.09. The third kappa shape index (κ3) is 3.30. The van der Waals surface area contributed by atoms with Crippen LogP contribution in [0.15, 0.2) is 18.3 Å². The van der Waals surface area contributed by atoms with Gasteiger partial charge in [0.05, 0.1) is 5.56 Å². The van der Waals surface area contributed by atoms with Crippen LogP contribution < -0.4 is 4.90 Å². The Balaban J connectivity index is 1.96. The standard InChI is InChI=1S/C14H18N4O/c1-17-6-5-11(10-17)7-14(19)18(2)13-4-3-12(8-15)9-16-13/h3-4,9,11H,5-7,10H2,1-2H3. The van der Waals surface area contributed by atoms with Crippen LogP contribution in [0.5, 0.6) is 0 Å². The SMILES string of the molecule is CN1CCC(CC(=O)N(C)c2ccc(C#N)cn2)C1. The van der Waals surface area contributed by atoms with Gasteiger partial charge in [0, 0.05) is 26.2 Å². The Morgan fingerprint density at radius 2 is 2.42 bits per heavy atom. The number of aromatic nitrogens is 1. The van der Waals surface area contributed by atoms with Gasteiger partial charge in [-0.05, 0) is 38.1 Å². The number of likely N-dealkylation sites (tertiary alicyclic amines) is 1. The van der Waals surface area contributed by atoms with E-state index in [9.17, 15) is 4.79 Å². The summed E-state index contributed by atoms with van der Waals surface area (Å²) in [7, 11) is 3.81. The fourth-order valence-corrected chi connectivity index (χ4v) is 2.36. The van der Waals surface area contributed by atoms with Gasteiger partial charge in [0.2, 0.25) is 5.91 Å². The van der Waals surface area contributed by atoms with Crippen molar-refractivity contribution in [3.63, 3.8) is 0 Å². The van der Waals surface area contributed by atoms with Gasteiger partial charge in [-0.25, -0.2) is 4.98 Å². The molecule has 0 radical (unpaired) electrons. The predicted molar refractivity (Wildman–Crippen MR) is 72.6 cm³/mol. The number of anilines is 1. The average Bonchev–Trinajstić information content (AvgIpc) is 2.83. The van der Waals surface area contributed by atoms with Gasteiger partial charge in [-0.2, -0.15) is 5.26 Å². The third-order valence-corrected chi connectivity index (χ3v) is 3.55. The summed E-state index contributed by atoms with van der Waals surface area (Å²) in [6.07, 6.45) is 3.13. The first-order valence-electron chi connectivity index (χ1n) is 6.41. The first-order valence-corrected chi connectivity index (χ1v) is 6.41. The largest absolute Gasteiger partial charge is 0.306 e. The summed E-state index contributed by atoms with van der Waals surface area (Å²) in [5, 5.41) is 8.72. The Morgan fingerprint density at radius 1 is 1.63 bits per heavy atom. The molecule has 1 aromatic rings. The van der Waals surface area contributed by atoms with E-state index in [1.807, 2.05) is 6.07 Å². The minimum absolute atomic E-state index is 0.0810. The molecular formula is C14H18N4O. The van der Waals surface area contributed by atoms with Crippen LogP contribution in [0.4, 0.5) is 5.82 Å². The third-order valence-electron chi connectivity index (χ3n) is 3.55. The lowest BCUT2D eigenvalue weighted by atomic mass is 10.0. The van der Waals surface area contributed by atoms with Crippen molar-refractivity contribution in [3.05, 3.63) is 23.9 Å². The molecule has 1 saturated heterocycles. The van der Waals surface area contributed by atoms with Crippen LogP contribution in [0.3, 0.4) is 0 Å². The quantitative estimate of drug-likeness (QED) is 0.819. The van der Waals surface area contributed by atoms with E-state index in [1.54, 1.807) is 24.1 Å². The fourth-order valence-electron chi connectivity index (χ4n) is 2.36. The molecule has 5 nitrogen and oxygen atoms in total. The Morgan fingerprint density at radius 3 is 2.95 bits per heavy atom. The Hall–Kier alpha value is -1.93. The first kappa shape index (κ1) is 13.5. The molecule has 1 aliphatic heterocycles. The summed E-state index contributed by atoms with van der Waals surface area (Å²) < 4.78 is 0. The Bertz CT molecular complexity index is 491. The number of nitrogens with zero attached hydrogens (tertiary/aromatic N) is 4. The van der Waals surface area contributed by atoms with Crippen molar-refractivity contribution in [2.75, 3.05) is 32.1 Å². The number of rotatable bonds is 3. The molecule has 1 amide bonds. The lowest BCUT2D eigenvalue weighted by molar-refractivity contribution is -0.119. The van der Waals surface area contributed by atoms with Gasteiger partial charge in [-0.1, -0.05) is 0 Å². The van der Waals surface area contributed by atoms with Gasteiger partial charge in [0.1, 0.15) is 11.9 Å². The van der Waals surface area contributed by atoms with Crippen molar-refractivity contribution in [2.24, 2.45) is 5.92 Å². The minimum Gasteiger partial charge on any atom is -0.306 e. The van der Waals surface area contributed by atoms with Crippen molar-refractivity contribution in [2.45, 2.75) is 12.8 Å². The van der Waals surface area contributed by atoms with Gasteiger partial charge in [0.25, 0.3) is 0 Å². The van der Waals surface area contributed by atoms with E-state index in [1.165, 1.54) is 6.20 Å². The van der Waals surface area contributed by atoms with Crippen LogP contribution in [0.1, 0.15) is 18.4 Å². The van der Waals surface area contributed by atoms with Crippen LogP contribution in [0.25, 0.3) is 0 Å². The zero-order valence-corrected chi connectivity index (χ0v) is 11.3. The normalized spacial score (nSPS) is 19.1. The van der Waals surface area contributed by atoms with Crippen LogP contribution in [-0.2, 0) is 4.79 Å². The zero-order chi connectivity index (χ0) is 13.8. The maximum atomic E-state index is 12.2. The Labute approximate surface area is 113 Å². The Kier molecular flexibility index (Phi) is 4.13. The molecule has 5 heteroatoms. The zero-order valence-electron chi connectivity index (χ0n) is 11.3. The summed E-state index contributed by atoms with van der Waals surface area (Å²) in [4.78, 5) is 20.1. The highest BCUT2D eigenvalue weighted by molar-refractivity contribution is 5.92. The summed E-state index contributed by atoms with van der Waals surface area (Å²) >= 11 is 0. The van der Waals surface area contributed by atoms with Crippen molar-refractivity contribution in [3.8, 4) is 6.07 Å². The number of carbonyl (C=O) groups excluding carboxylic acids is 1. The molecule has 100 valence electrons. The number of hydrogen-bond donors (Lipinski definition) is 0. The summed E-state index contributed by atoms with van der Waals surface area (Å²) in [5.41, 5.74) is 0.502. The van der Waals surface area contributed by atoms with Crippen molar-refractivity contribution >= 4 is 11.7 Å². The van der Waals surface area contributed by atoms with Crippen LogP contribution in [0, 0.1) is 17.2 Å². The molecule has 1 aliphatic rings. The first-order chi connectivity index (χ1) is 9.10. The summed E-state index contributed by atoms with van der Waals surface area (Å²) in [5.74, 6) is 1.12. The van der Waals surface area contributed by atoms with E-state index in [4.69, 9.17) is 5.26 Å². The highest BCUT2D eigenvalue weighted by atomic mass is 16.2. The van der Waals surface area contributed by atoms with E-state index in [0.29, 0.717) is 23.7 Å². The number of hydrogen-bond acceptors (Lipinski definition) is 4. The minimum atomic E-state index is 0.0810. The van der Waals surface area contributed by atoms with E-state index in [0.717, 1.165) is 19.5 Å². The van der Waals surface area contributed by atoms with Crippen molar-refractivity contribution in [1.82, 2.24) is 9.88 Å². The lowest BCUT2D eigenvalue weighted by Crippen LogP contribution is -2.29. The molecule has 1 aromatic heterocycles. The second-order valence-electron chi connectivity index (χ2n) is 5.09. The van der Waals surface area contributed by atoms with E-state index in [-0.39, 0.29) is 5.91 Å². The molecule has 0 bridgehead atoms. The molecule has 1 fully saturated rings. The van der Waals surface area contributed by atoms with Gasteiger partial charge in [0.15, 0.2) is 0 Å². The van der Waals surface area contributed by atoms with E-state index < -0.39 is 0 Å². The average molecular weight is 258 g/mol. The predicted octanol–water partition coefficient (Wildman–Crippen LogP) is 1.26. The molecule has 19 heavy (non-hydrogen) atoms. The number of amides is 1. The van der Waals surface area contributed by atoms with Crippen molar-refractivity contribution < 1.29 is 4.79 Å². The molecule has 0 saturated carbocycles. The monoisotopic (exact) mass is 258 g/mol. The van der Waals surface area contributed by atoms with Crippen LogP contribution in [-0.4, -0.2) is 43.0 Å². The molecule has 2 rings (SSSR count). The van der Waals surface area contributed by atoms with Crippen LogP contribution in [0.2, 0.25) is 0 Å². The summed E-state index contributed by atoms with van der Waals surface area (Å²) in [6.45, 7) is 2.05. The topological polar surface area (TPSA) is 60.2 Å². The molecular weight excluding hydrogens is 240 g/mol. The number of pyridine rings is 1. The highest BCUT2D eigenvalue weighted by Crippen LogP contribution is 2.20. The fraction of sp³-hybridized carbons (Fsp3) is 0.500. The van der Waals surface area contributed by atoms with Gasteiger partial charge in [-0.3, -0.25) is 9.69 Å². The lowest BCUT2D eigenvalue weighted by Gasteiger charge is -2.18. The van der Waals surface area contributed by atoms with E-state index >= 15 is 0 Å². The van der Waals surface area contributed by atoms with Crippen molar-refractivity contribution in [1.29, 1.82) is 5.26 Å². The van der Waals surface area contributed by atoms with Gasteiger partial charge < -0.3 is 4.90 Å². The van der Waals surface area contributed by atoms with E-state index in [2.05, 4.69) is 16.9 Å². The van der Waals surface area contributed by atoms with Gasteiger partial charge in [-0.15, -0.1) is 0 Å². The molecule has 0 N–H and O–H groups in total.